The van der Waals surface area contributed by atoms with E-state index in [0.717, 1.165) is 11.3 Å². The lowest BCUT2D eigenvalue weighted by atomic mass is 10.0. The molecule has 2 rings (SSSR count). The van der Waals surface area contributed by atoms with E-state index in [-0.39, 0.29) is 11.2 Å². The Morgan fingerprint density at radius 3 is 2.62 bits per heavy atom. The molecule has 1 heterocycles. The molecule has 3 heteroatoms. The van der Waals surface area contributed by atoms with Gasteiger partial charge in [0, 0.05) is 16.6 Å². The van der Waals surface area contributed by atoms with E-state index in [1.165, 1.54) is 12.1 Å². The van der Waals surface area contributed by atoms with E-state index in [9.17, 15) is 9.18 Å². The molecule has 0 aliphatic heterocycles. The highest BCUT2D eigenvalue weighted by Gasteiger charge is 2.10. The minimum atomic E-state index is -0.315. The van der Waals surface area contributed by atoms with Crippen LogP contribution in [0.15, 0.2) is 16.9 Å². The summed E-state index contributed by atoms with van der Waals surface area (Å²) in [6.45, 7) is 5.55. The van der Waals surface area contributed by atoms with Gasteiger partial charge in [-0.3, -0.25) is 4.79 Å². The zero-order valence-electron chi connectivity index (χ0n) is 9.65. The number of benzene rings is 1. The molecule has 0 fully saturated rings. The number of hydrogen-bond donors (Lipinski definition) is 1. The minimum Gasteiger partial charge on any atom is -0.358 e. The van der Waals surface area contributed by atoms with E-state index in [0.29, 0.717) is 22.9 Å². The number of rotatable bonds is 1. The monoisotopic (exact) mass is 219 g/mol. The summed E-state index contributed by atoms with van der Waals surface area (Å²) in [5.74, 6) is -0.315. The third-order valence-corrected chi connectivity index (χ3v) is 2.93. The Morgan fingerprint density at radius 2 is 2.00 bits per heavy atom. The van der Waals surface area contributed by atoms with Crippen molar-refractivity contribution in [1.82, 2.24) is 4.98 Å². The standard InChI is InChI=1S/C13H14FNO/c1-4-10-8(3)15-11-6-9(14)5-7(2)12(11)13(10)16/h5-6H,4H2,1-3H3,(H,15,16). The number of aryl methyl sites for hydroxylation is 2. The van der Waals surface area contributed by atoms with Gasteiger partial charge in [0.2, 0.25) is 0 Å². The first-order chi connectivity index (χ1) is 7.54. The molecule has 1 aromatic heterocycles. The Kier molecular flexibility index (Phi) is 2.54. The van der Waals surface area contributed by atoms with Crippen LogP contribution in [-0.2, 0) is 6.42 Å². The normalized spacial score (nSPS) is 11.0. The van der Waals surface area contributed by atoms with Gasteiger partial charge in [-0.1, -0.05) is 6.92 Å². The molecule has 0 amide bonds. The first-order valence-corrected chi connectivity index (χ1v) is 5.36. The van der Waals surface area contributed by atoms with Crippen molar-refractivity contribution >= 4 is 10.9 Å². The van der Waals surface area contributed by atoms with Crippen molar-refractivity contribution in [2.75, 3.05) is 0 Å². The highest BCUT2D eigenvalue weighted by atomic mass is 19.1. The summed E-state index contributed by atoms with van der Waals surface area (Å²) in [4.78, 5) is 15.3. The number of fused-ring (bicyclic) bond motifs is 1. The topological polar surface area (TPSA) is 32.9 Å². The van der Waals surface area contributed by atoms with Crippen LogP contribution in [-0.4, -0.2) is 4.98 Å². The number of aromatic nitrogens is 1. The number of H-pyrrole nitrogens is 1. The summed E-state index contributed by atoms with van der Waals surface area (Å²) in [5.41, 5.74) is 2.89. The lowest BCUT2D eigenvalue weighted by molar-refractivity contribution is 0.628. The zero-order valence-corrected chi connectivity index (χ0v) is 9.65. The molecule has 0 saturated heterocycles. The van der Waals surface area contributed by atoms with Gasteiger partial charge >= 0.3 is 0 Å². The first-order valence-electron chi connectivity index (χ1n) is 5.36. The van der Waals surface area contributed by atoms with Crippen molar-refractivity contribution in [2.45, 2.75) is 27.2 Å². The van der Waals surface area contributed by atoms with Gasteiger partial charge in [0.15, 0.2) is 5.43 Å². The highest BCUT2D eigenvalue weighted by Crippen LogP contribution is 2.17. The van der Waals surface area contributed by atoms with E-state index in [2.05, 4.69) is 4.98 Å². The number of hydrogen-bond acceptors (Lipinski definition) is 1. The second kappa shape index (κ2) is 3.74. The molecule has 16 heavy (non-hydrogen) atoms. The van der Waals surface area contributed by atoms with Crippen LogP contribution in [0.1, 0.15) is 23.7 Å². The molecule has 0 bridgehead atoms. The van der Waals surface area contributed by atoms with E-state index in [4.69, 9.17) is 0 Å². The van der Waals surface area contributed by atoms with Gasteiger partial charge in [-0.2, -0.15) is 0 Å². The summed E-state index contributed by atoms with van der Waals surface area (Å²) in [6, 6.07) is 2.77. The lowest BCUT2D eigenvalue weighted by Crippen LogP contribution is -2.13. The molecule has 2 nitrogen and oxygen atoms in total. The smallest absolute Gasteiger partial charge is 0.193 e. The van der Waals surface area contributed by atoms with Crippen molar-refractivity contribution < 1.29 is 4.39 Å². The molecular weight excluding hydrogens is 205 g/mol. The van der Waals surface area contributed by atoms with Gasteiger partial charge < -0.3 is 4.98 Å². The maximum Gasteiger partial charge on any atom is 0.193 e. The molecule has 84 valence electrons. The fourth-order valence-electron chi connectivity index (χ4n) is 2.17. The van der Waals surface area contributed by atoms with Crippen LogP contribution >= 0.6 is 0 Å². The van der Waals surface area contributed by atoms with E-state index >= 15 is 0 Å². The third-order valence-electron chi connectivity index (χ3n) is 2.93. The van der Waals surface area contributed by atoms with Crippen molar-refractivity contribution in [3.63, 3.8) is 0 Å². The molecule has 0 saturated carbocycles. The van der Waals surface area contributed by atoms with Crippen LogP contribution in [0, 0.1) is 19.7 Å². The maximum atomic E-state index is 13.2. The Bertz CT molecular complexity index is 613. The van der Waals surface area contributed by atoms with Gasteiger partial charge in [0.1, 0.15) is 5.82 Å². The highest BCUT2D eigenvalue weighted by molar-refractivity contribution is 5.82. The Balaban J connectivity index is 2.99. The summed E-state index contributed by atoms with van der Waals surface area (Å²) in [6.07, 6.45) is 0.688. The van der Waals surface area contributed by atoms with E-state index in [1.807, 2.05) is 13.8 Å². The van der Waals surface area contributed by atoms with Gasteiger partial charge in [-0.15, -0.1) is 0 Å². The quantitative estimate of drug-likeness (QED) is 0.786. The second-order valence-corrected chi connectivity index (χ2v) is 4.06. The SMILES string of the molecule is CCc1c(C)[nH]c2cc(F)cc(C)c2c1=O. The number of halogens is 1. The summed E-state index contributed by atoms with van der Waals surface area (Å²) < 4.78 is 13.2. The van der Waals surface area contributed by atoms with Crippen molar-refractivity contribution in [3.8, 4) is 0 Å². The van der Waals surface area contributed by atoms with Crippen LogP contribution in [0.25, 0.3) is 10.9 Å². The summed E-state index contributed by atoms with van der Waals surface area (Å²) in [5, 5.41) is 0.601. The van der Waals surface area contributed by atoms with Gasteiger partial charge in [0.25, 0.3) is 0 Å². The Labute approximate surface area is 93.1 Å². The van der Waals surface area contributed by atoms with Gasteiger partial charge in [0.05, 0.1) is 5.52 Å². The first kappa shape index (κ1) is 10.9. The van der Waals surface area contributed by atoms with Crippen LogP contribution in [0.2, 0.25) is 0 Å². The van der Waals surface area contributed by atoms with E-state index in [1.54, 1.807) is 6.92 Å². The van der Waals surface area contributed by atoms with Crippen molar-refractivity contribution in [3.05, 3.63) is 45.0 Å². The molecule has 0 unspecified atom stereocenters. The third kappa shape index (κ3) is 1.52. The average molecular weight is 219 g/mol. The minimum absolute atomic E-state index is 0.0197. The van der Waals surface area contributed by atoms with Gasteiger partial charge in [-0.05, 0) is 38.0 Å². The molecule has 0 atom stereocenters. The average Bonchev–Trinajstić information content (AvgIpc) is 2.15. The molecule has 0 spiro atoms. The van der Waals surface area contributed by atoms with Crippen molar-refractivity contribution in [2.24, 2.45) is 0 Å². The van der Waals surface area contributed by atoms with Crippen LogP contribution < -0.4 is 5.43 Å². The molecule has 0 aliphatic rings. The zero-order chi connectivity index (χ0) is 11.9. The largest absolute Gasteiger partial charge is 0.358 e. The summed E-state index contributed by atoms with van der Waals surface area (Å²) >= 11 is 0. The summed E-state index contributed by atoms with van der Waals surface area (Å²) in [7, 11) is 0. The molecule has 1 aromatic carbocycles. The lowest BCUT2D eigenvalue weighted by Gasteiger charge is -2.08. The Hall–Kier alpha value is -1.64. The molecule has 0 radical (unpaired) electrons. The predicted octanol–water partition coefficient (Wildman–Crippen LogP) is 2.85. The predicted molar refractivity (Wildman–Crippen MR) is 63.4 cm³/mol. The Morgan fingerprint density at radius 1 is 1.31 bits per heavy atom. The molecule has 1 N–H and O–H groups in total. The fraction of sp³-hybridized carbons (Fsp3) is 0.308. The second-order valence-electron chi connectivity index (χ2n) is 4.06. The number of aromatic amines is 1. The van der Waals surface area contributed by atoms with Crippen molar-refractivity contribution in [1.29, 1.82) is 0 Å². The molecular formula is C13H14FNO. The fourth-order valence-corrected chi connectivity index (χ4v) is 2.17. The molecule has 0 aliphatic carbocycles. The number of nitrogens with one attached hydrogen (secondary N) is 1. The van der Waals surface area contributed by atoms with Crippen LogP contribution in [0.3, 0.4) is 0 Å². The number of pyridine rings is 1. The van der Waals surface area contributed by atoms with Crippen LogP contribution in [0.4, 0.5) is 4.39 Å². The van der Waals surface area contributed by atoms with Crippen LogP contribution in [0.5, 0.6) is 0 Å². The molecule has 2 aromatic rings. The van der Waals surface area contributed by atoms with E-state index < -0.39 is 0 Å². The maximum absolute atomic E-state index is 13.2. The van der Waals surface area contributed by atoms with Gasteiger partial charge in [-0.25, -0.2) is 4.39 Å².